The van der Waals surface area contributed by atoms with Crippen molar-refractivity contribution in [3.05, 3.63) is 64.7 Å². The summed E-state index contributed by atoms with van der Waals surface area (Å²) in [6.07, 6.45) is 0. The van der Waals surface area contributed by atoms with Crippen LogP contribution in [0.1, 0.15) is 11.1 Å². The van der Waals surface area contributed by atoms with Gasteiger partial charge < -0.3 is 17.2 Å². The number of benzene rings is 2. The summed E-state index contributed by atoms with van der Waals surface area (Å²) in [6, 6.07) is 14.6. The van der Waals surface area contributed by atoms with Crippen LogP contribution >= 0.6 is 11.6 Å². The lowest BCUT2D eigenvalue weighted by atomic mass is 10.0. The summed E-state index contributed by atoms with van der Waals surface area (Å²) in [4.78, 5) is 0. The van der Waals surface area contributed by atoms with Crippen molar-refractivity contribution < 1.29 is 0 Å². The summed E-state index contributed by atoms with van der Waals surface area (Å²) in [6.45, 7) is 0. The topological polar surface area (TPSA) is 103 Å². The molecule has 0 aliphatic carbocycles. The smallest absolute Gasteiger partial charge is 0.211 e. The van der Waals surface area contributed by atoms with Gasteiger partial charge in [0.2, 0.25) is 5.96 Å². The number of hydrogen-bond donors (Lipinski definition) is 3. The van der Waals surface area contributed by atoms with Crippen LogP contribution in [0, 0.1) is 0 Å². The molecule has 0 spiro atoms. The summed E-state index contributed by atoms with van der Waals surface area (Å²) in [7, 11) is 0. The average molecular weight is 288 g/mol. The normalized spacial score (nSPS) is 11.2. The monoisotopic (exact) mass is 287 g/mol. The maximum absolute atomic E-state index is 6.02. The first-order valence-corrected chi connectivity index (χ1v) is 6.23. The van der Waals surface area contributed by atoms with Crippen molar-refractivity contribution in [3.63, 3.8) is 0 Å². The molecule has 102 valence electrons. The number of nitrogens with two attached hydrogens (primary N) is 3. The lowest BCUT2D eigenvalue weighted by Gasteiger charge is -2.09. The minimum atomic E-state index is -0.126. The molecule has 0 saturated heterocycles. The van der Waals surface area contributed by atoms with E-state index in [0.29, 0.717) is 22.0 Å². The molecule has 0 saturated carbocycles. The quantitative estimate of drug-likeness (QED) is 0.348. The fraction of sp³-hybridized carbons (Fsp3) is 0. The molecule has 2 aromatic rings. The number of halogens is 1. The number of hydrogen-bond acceptors (Lipinski definition) is 3. The van der Waals surface area contributed by atoms with Crippen LogP contribution in [-0.2, 0) is 0 Å². The van der Waals surface area contributed by atoms with E-state index < -0.39 is 0 Å². The minimum Gasteiger partial charge on any atom is -0.398 e. The molecule has 0 unspecified atom stereocenters. The first kappa shape index (κ1) is 13.9. The van der Waals surface area contributed by atoms with Crippen molar-refractivity contribution in [3.8, 4) is 0 Å². The Morgan fingerprint density at radius 3 is 2.30 bits per heavy atom. The molecule has 2 rings (SSSR count). The van der Waals surface area contributed by atoms with Crippen LogP contribution in [0.2, 0.25) is 5.02 Å². The molecule has 0 bridgehead atoms. The molecule has 0 fully saturated rings. The molecular formula is C14H14ClN5. The fourth-order valence-corrected chi connectivity index (χ4v) is 1.88. The predicted molar refractivity (Wildman–Crippen MR) is 83.8 cm³/mol. The lowest BCUT2D eigenvalue weighted by Crippen LogP contribution is -2.22. The van der Waals surface area contributed by atoms with E-state index in [1.807, 2.05) is 30.3 Å². The zero-order valence-corrected chi connectivity index (χ0v) is 11.4. The van der Waals surface area contributed by atoms with Crippen molar-refractivity contribution >= 4 is 29.0 Å². The third-order valence-corrected chi connectivity index (χ3v) is 2.82. The molecule has 0 amide bonds. The zero-order valence-electron chi connectivity index (χ0n) is 10.6. The van der Waals surface area contributed by atoms with Crippen LogP contribution in [0.5, 0.6) is 0 Å². The van der Waals surface area contributed by atoms with Crippen LogP contribution in [0.4, 0.5) is 5.69 Å². The van der Waals surface area contributed by atoms with Gasteiger partial charge in [-0.25, -0.2) is 0 Å². The molecule has 2 aromatic carbocycles. The van der Waals surface area contributed by atoms with Gasteiger partial charge in [-0.15, -0.1) is 10.2 Å². The second-order valence-electron chi connectivity index (χ2n) is 4.07. The number of nitrogens with zero attached hydrogens (tertiary/aromatic N) is 2. The highest BCUT2D eigenvalue weighted by atomic mass is 35.5. The Bertz CT molecular complexity index is 661. The second-order valence-corrected chi connectivity index (χ2v) is 4.51. The molecule has 6 heteroatoms. The highest BCUT2D eigenvalue weighted by Crippen LogP contribution is 2.22. The summed E-state index contributed by atoms with van der Waals surface area (Å²) < 4.78 is 0. The predicted octanol–water partition coefficient (Wildman–Crippen LogP) is 1.95. The minimum absolute atomic E-state index is 0.126. The van der Waals surface area contributed by atoms with Crippen LogP contribution in [0.25, 0.3) is 0 Å². The molecule has 0 radical (unpaired) electrons. The SMILES string of the molecule is NC(N)=N/N=C(/c1ccccc1)c1cc(Cl)ccc1N. The van der Waals surface area contributed by atoms with E-state index in [2.05, 4.69) is 10.2 Å². The molecular weight excluding hydrogens is 274 g/mol. The van der Waals surface area contributed by atoms with Gasteiger partial charge >= 0.3 is 0 Å². The lowest BCUT2D eigenvalue weighted by molar-refractivity contribution is 1.20. The number of anilines is 1. The van der Waals surface area contributed by atoms with E-state index in [1.165, 1.54) is 0 Å². The maximum atomic E-state index is 6.02. The van der Waals surface area contributed by atoms with Gasteiger partial charge in [-0.05, 0) is 18.2 Å². The summed E-state index contributed by atoms with van der Waals surface area (Å²) in [5.41, 5.74) is 19.3. The molecule has 5 nitrogen and oxygen atoms in total. The maximum Gasteiger partial charge on any atom is 0.211 e. The molecule has 0 aliphatic heterocycles. The Hall–Kier alpha value is -2.53. The van der Waals surface area contributed by atoms with E-state index in [1.54, 1.807) is 18.2 Å². The van der Waals surface area contributed by atoms with E-state index in [-0.39, 0.29) is 5.96 Å². The Morgan fingerprint density at radius 2 is 1.65 bits per heavy atom. The fourth-order valence-electron chi connectivity index (χ4n) is 1.70. The summed E-state index contributed by atoms with van der Waals surface area (Å²) in [5, 5.41) is 8.35. The van der Waals surface area contributed by atoms with Gasteiger partial charge in [-0.1, -0.05) is 41.9 Å². The standard InChI is InChI=1S/C14H14ClN5/c15-10-6-7-12(16)11(8-10)13(19-20-14(17)18)9-4-2-1-3-5-9/h1-8H,16H2,(H4,17,18,20)/b19-13-. The molecule has 6 N–H and O–H groups in total. The van der Waals surface area contributed by atoms with E-state index in [0.717, 1.165) is 5.56 Å². The van der Waals surface area contributed by atoms with Gasteiger partial charge in [0.05, 0.1) is 0 Å². The summed E-state index contributed by atoms with van der Waals surface area (Å²) >= 11 is 6.02. The number of guanidine groups is 1. The van der Waals surface area contributed by atoms with Crippen LogP contribution in [0.15, 0.2) is 58.7 Å². The van der Waals surface area contributed by atoms with Crippen LogP contribution in [0.3, 0.4) is 0 Å². The highest BCUT2D eigenvalue weighted by molar-refractivity contribution is 6.31. The van der Waals surface area contributed by atoms with E-state index in [9.17, 15) is 0 Å². The van der Waals surface area contributed by atoms with Crippen LogP contribution < -0.4 is 17.2 Å². The number of rotatable bonds is 3. The Morgan fingerprint density at radius 1 is 0.950 bits per heavy atom. The Labute approximate surface area is 121 Å². The van der Waals surface area contributed by atoms with E-state index in [4.69, 9.17) is 28.8 Å². The van der Waals surface area contributed by atoms with Gasteiger partial charge in [0, 0.05) is 21.8 Å². The first-order valence-electron chi connectivity index (χ1n) is 5.85. The van der Waals surface area contributed by atoms with Crippen molar-refractivity contribution in [2.24, 2.45) is 21.7 Å². The number of nitrogen functional groups attached to an aromatic ring is 1. The van der Waals surface area contributed by atoms with Crippen molar-refractivity contribution in [2.45, 2.75) is 0 Å². The largest absolute Gasteiger partial charge is 0.398 e. The third-order valence-electron chi connectivity index (χ3n) is 2.58. The molecule has 0 aromatic heterocycles. The average Bonchev–Trinajstić information content (AvgIpc) is 2.43. The molecule has 0 aliphatic rings. The molecule has 20 heavy (non-hydrogen) atoms. The van der Waals surface area contributed by atoms with Gasteiger partial charge in [0.25, 0.3) is 0 Å². The van der Waals surface area contributed by atoms with Crippen LogP contribution in [-0.4, -0.2) is 11.7 Å². The zero-order chi connectivity index (χ0) is 14.5. The van der Waals surface area contributed by atoms with Gasteiger partial charge in [0.1, 0.15) is 5.71 Å². The summed E-state index contributed by atoms with van der Waals surface area (Å²) in [5.74, 6) is -0.126. The van der Waals surface area contributed by atoms with Crippen molar-refractivity contribution in [2.75, 3.05) is 5.73 Å². The Kier molecular flexibility index (Phi) is 4.22. The molecule has 0 atom stereocenters. The Balaban J connectivity index is 2.61. The van der Waals surface area contributed by atoms with Gasteiger partial charge in [0.15, 0.2) is 0 Å². The third kappa shape index (κ3) is 3.27. The highest BCUT2D eigenvalue weighted by Gasteiger charge is 2.11. The second kappa shape index (κ2) is 6.08. The van der Waals surface area contributed by atoms with Crippen molar-refractivity contribution in [1.82, 2.24) is 0 Å². The first-order chi connectivity index (χ1) is 9.58. The van der Waals surface area contributed by atoms with Gasteiger partial charge in [-0.3, -0.25) is 0 Å². The van der Waals surface area contributed by atoms with Crippen molar-refractivity contribution in [1.29, 1.82) is 0 Å². The van der Waals surface area contributed by atoms with Gasteiger partial charge in [-0.2, -0.15) is 0 Å². The van der Waals surface area contributed by atoms with E-state index >= 15 is 0 Å². The molecule has 0 heterocycles.